The minimum absolute atomic E-state index is 0.389. The SMILES string of the molecule is CN(C=C[N+](=O)[O-])c1ccc(Cl)nc1. The molecule has 0 bridgehead atoms. The van der Waals surface area contributed by atoms with Crippen LogP contribution < -0.4 is 4.90 Å². The molecule has 0 spiro atoms. The van der Waals surface area contributed by atoms with Gasteiger partial charge < -0.3 is 4.90 Å². The molecule has 0 radical (unpaired) electrons. The third-order valence-electron chi connectivity index (χ3n) is 1.53. The van der Waals surface area contributed by atoms with E-state index in [1.165, 1.54) is 12.4 Å². The molecule has 0 aliphatic carbocycles. The summed E-state index contributed by atoms with van der Waals surface area (Å²) in [5, 5.41) is 10.4. The molecule has 0 aromatic carbocycles. The van der Waals surface area contributed by atoms with E-state index >= 15 is 0 Å². The molecule has 1 rings (SSSR count). The van der Waals surface area contributed by atoms with Crippen molar-refractivity contribution >= 4 is 17.3 Å². The van der Waals surface area contributed by atoms with Crippen molar-refractivity contribution in [3.8, 4) is 0 Å². The van der Waals surface area contributed by atoms with E-state index in [4.69, 9.17) is 11.6 Å². The van der Waals surface area contributed by atoms with Gasteiger partial charge in [0.25, 0.3) is 6.20 Å². The highest BCUT2D eigenvalue weighted by Gasteiger charge is 1.98. The van der Waals surface area contributed by atoms with Gasteiger partial charge in [0.1, 0.15) is 5.15 Å². The summed E-state index contributed by atoms with van der Waals surface area (Å²) in [5.41, 5.74) is 0.729. The second-order valence-corrected chi connectivity index (χ2v) is 2.92. The molecule has 6 heteroatoms. The van der Waals surface area contributed by atoms with Crippen molar-refractivity contribution in [3.05, 3.63) is 46.0 Å². The first-order valence-electron chi connectivity index (χ1n) is 3.76. The van der Waals surface area contributed by atoms with E-state index < -0.39 is 4.92 Å². The molecule has 14 heavy (non-hydrogen) atoms. The lowest BCUT2D eigenvalue weighted by molar-refractivity contribution is -0.402. The Kier molecular flexibility index (Phi) is 3.41. The number of nitro groups is 1. The number of hydrogen-bond donors (Lipinski definition) is 0. The first-order valence-corrected chi connectivity index (χ1v) is 4.13. The van der Waals surface area contributed by atoms with Crippen molar-refractivity contribution in [2.24, 2.45) is 0 Å². The number of aromatic nitrogens is 1. The second-order valence-electron chi connectivity index (χ2n) is 2.53. The Hall–Kier alpha value is -1.62. The van der Waals surface area contributed by atoms with Crippen molar-refractivity contribution in [2.75, 3.05) is 11.9 Å². The highest BCUT2D eigenvalue weighted by Crippen LogP contribution is 2.13. The van der Waals surface area contributed by atoms with Crippen molar-refractivity contribution in [3.63, 3.8) is 0 Å². The first-order chi connectivity index (χ1) is 6.59. The molecule has 5 nitrogen and oxygen atoms in total. The van der Waals surface area contributed by atoms with E-state index in [-0.39, 0.29) is 0 Å². The lowest BCUT2D eigenvalue weighted by atomic mass is 10.4. The summed E-state index contributed by atoms with van der Waals surface area (Å²) in [5.74, 6) is 0. The fourth-order valence-electron chi connectivity index (χ4n) is 0.817. The third-order valence-corrected chi connectivity index (χ3v) is 1.75. The molecule has 74 valence electrons. The molecule has 0 amide bonds. The molecule has 1 heterocycles. The first kappa shape index (κ1) is 10.5. The van der Waals surface area contributed by atoms with Crippen LogP contribution in [0, 0.1) is 10.1 Å². The van der Waals surface area contributed by atoms with Crippen molar-refractivity contribution in [2.45, 2.75) is 0 Å². The molecular weight excluding hydrogens is 206 g/mol. The molecule has 0 N–H and O–H groups in total. The van der Waals surface area contributed by atoms with Gasteiger partial charge in [0.2, 0.25) is 0 Å². The third kappa shape index (κ3) is 3.02. The summed E-state index contributed by atoms with van der Waals surface area (Å²) in [7, 11) is 1.69. The highest BCUT2D eigenvalue weighted by atomic mass is 35.5. The Balaban J connectivity index is 2.74. The molecule has 0 fully saturated rings. The molecule has 0 unspecified atom stereocenters. The Bertz CT molecular complexity index is 350. The Morgan fingerprint density at radius 3 is 2.86 bits per heavy atom. The minimum atomic E-state index is -0.528. The second kappa shape index (κ2) is 4.57. The van der Waals surface area contributed by atoms with Gasteiger partial charge in [-0.25, -0.2) is 4.98 Å². The molecule has 0 saturated carbocycles. The Morgan fingerprint density at radius 1 is 1.64 bits per heavy atom. The monoisotopic (exact) mass is 213 g/mol. The van der Waals surface area contributed by atoms with Crippen LogP contribution in [-0.2, 0) is 0 Å². The van der Waals surface area contributed by atoms with Gasteiger partial charge in [0.05, 0.1) is 23.0 Å². The van der Waals surface area contributed by atoms with Crippen LogP contribution >= 0.6 is 11.6 Å². The fourth-order valence-corrected chi connectivity index (χ4v) is 0.929. The summed E-state index contributed by atoms with van der Waals surface area (Å²) in [4.78, 5) is 14.9. The molecule has 1 aromatic rings. The lowest BCUT2D eigenvalue weighted by Crippen LogP contribution is -2.08. The fraction of sp³-hybridized carbons (Fsp3) is 0.125. The molecule has 0 saturated heterocycles. The van der Waals surface area contributed by atoms with E-state index in [9.17, 15) is 10.1 Å². The highest BCUT2D eigenvalue weighted by molar-refractivity contribution is 6.29. The molecular formula is C8H8ClN3O2. The normalized spacial score (nSPS) is 10.4. The number of nitrogens with zero attached hydrogens (tertiary/aromatic N) is 3. The number of pyridine rings is 1. The van der Waals surface area contributed by atoms with Crippen molar-refractivity contribution < 1.29 is 4.92 Å². The van der Waals surface area contributed by atoms with Gasteiger partial charge in [0.15, 0.2) is 0 Å². The Labute approximate surface area is 85.8 Å². The average molecular weight is 214 g/mol. The summed E-state index contributed by atoms with van der Waals surface area (Å²) in [6.07, 6.45) is 3.73. The smallest absolute Gasteiger partial charge is 0.250 e. The average Bonchev–Trinajstić information content (AvgIpc) is 2.15. The van der Waals surface area contributed by atoms with Crippen LogP contribution in [0.2, 0.25) is 5.15 Å². The van der Waals surface area contributed by atoms with Crippen LogP contribution in [0.5, 0.6) is 0 Å². The predicted molar refractivity (Wildman–Crippen MR) is 53.8 cm³/mol. The summed E-state index contributed by atoms with van der Waals surface area (Å²) in [6, 6.07) is 3.34. The van der Waals surface area contributed by atoms with Crippen molar-refractivity contribution in [1.29, 1.82) is 0 Å². The zero-order chi connectivity index (χ0) is 10.6. The zero-order valence-electron chi connectivity index (χ0n) is 7.42. The molecule has 0 aliphatic heterocycles. The van der Waals surface area contributed by atoms with Gasteiger partial charge in [-0.1, -0.05) is 11.6 Å². The van der Waals surface area contributed by atoms with Gasteiger partial charge in [0, 0.05) is 7.05 Å². The van der Waals surface area contributed by atoms with E-state index in [0.29, 0.717) is 5.15 Å². The van der Waals surface area contributed by atoms with Crippen LogP contribution in [0.4, 0.5) is 5.69 Å². The van der Waals surface area contributed by atoms with E-state index in [1.54, 1.807) is 24.1 Å². The number of rotatable bonds is 3. The van der Waals surface area contributed by atoms with Crippen LogP contribution in [0.1, 0.15) is 0 Å². The van der Waals surface area contributed by atoms with Crippen LogP contribution in [-0.4, -0.2) is 17.0 Å². The van der Waals surface area contributed by atoms with Crippen LogP contribution in [0.3, 0.4) is 0 Å². The maximum Gasteiger partial charge on any atom is 0.250 e. The number of halogens is 1. The number of anilines is 1. The Morgan fingerprint density at radius 2 is 2.36 bits per heavy atom. The van der Waals surface area contributed by atoms with Crippen LogP contribution in [0.25, 0.3) is 0 Å². The quantitative estimate of drug-likeness (QED) is 0.437. The molecule has 0 aliphatic rings. The molecule has 1 aromatic heterocycles. The maximum absolute atomic E-state index is 10.0. The van der Waals surface area contributed by atoms with E-state index in [1.807, 2.05) is 0 Å². The summed E-state index contributed by atoms with van der Waals surface area (Å²) in [6.45, 7) is 0. The van der Waals surface area contributed by atoms with Gasteiger partial charge >= 0.3 is 0 Å². The van der Waals surface area contributed by atoms with Gasteiger partial charge in [-0.3, -0.25) is 10.1 Å². The zero-order valence-corrected chi connectivity index (χ0v) is 8.18. The summed E-state index contributed by atoms with van der Waals surface area (Å²) >= 11 is 5.59. The number of hydrogen-bond acceptors (Lipinski definition) is 4. The minimum Gasteiger partial charge on any atom is -0.344 e. The maximum atomic E-state index is 10.0. The lowest BCUT2D eigenvalue weighted by Gasteiger charge is -2.11. The summed E-state index contributed by atoms with van der Waals surface area (Å²) < 4.78 is 0. The van der Waals surface area contributed by atoms with E-state index in [0.717, 1.165) is 11.9 Å². The van der Waals surface area contributed by atoms with Gasteiger partial charge in [-0.15, -0.1) is 0 Å². The van der Waals surface area contributed by atoms with Crippen LogP contribution in [0.15, 0.2) is 30.7 Å². The largest absolute Gasteiger partial charge is 0.344 e. The van der Waals surface area contributed by atoms with E-state index in [2.05, 4.69) is 4.98 Å². The standard InChI is InChI=1S/C8H8ClN3O2/c1-11(4-5-12(13)14)7-2-3-8(9)10-6-7/h2-6H,1H3. The topological polar surface area (TPSA) is 59.3 Å². The molecule has 0 atom stereocenters. The predicted octanol–water partition coefficient (Wildman–Crippen LogP) is 1.92. The van der Waals surface area contributed by atoms with Crippen molar-refractivity contribution in [1.82, 2.24) is 4.98 Å². The van der Waals surface area contributed by atoms with Gasteiger partial charge in [-0.2, -0.15) is 0 Å². The van der Waals surface area contributed by atoms with Gasteiger partial charge in [-0.05, 0) is 12.1 Å².